The van der Waals surface area contributed by atoms with Crippen molar-refractivity contribution in [2.24, 2.45) is 0 Å². The monoisotopic (exact) mass is 309 g/mol. The minimum absolute atomic E-state index is 0.470. The highest BCUT2D eigenvalue weighted by Gasteiger charge is 2.09. The van der Waals surface area contributed by atoms with E-state index < -0.39 is 0 Å². The third-order valence-electron chi connectivity index (χ3n) is 3.02. The summed E-state index contributed by atoms with van der Waals surface area (Å²) in [6, 6.07) is 6.56. The molecule has 108 valence electrons. The lowest BCUT2D eigenvalue weighted by Gasteiger charge is -2.22. The van der Waals surface area contributed by atoms with Gasteiger partial charge >= 0.3 is 0 Å². The van der Waals surface area contributed by atoms with Crippen LogP contribution in [0.5, 0.6) is 0 Å². The van der Waals surface area contributed by atoms with Gasteiger partial charge in [-0.2, -0.15) is 0 Å². The van der Waals surface area contributed by atoms with Crippen LogP contribution in [-0.4, -0.2) is 18.1 Å². The van der Waals surface area contributed by atoms with E-state index in [2.05, 4.69) is 48.2 Å². The quantitative estimate of drug-likeness (QED) is 0.876. The van der Waals surface area contributed by atoms with Gasteiger partial charge in [-0.1, -0.05) is 25.4 Å². The zero-order valence-corrected chi connectivity index (χ0v) is 13.6. The van der Waals surface area contributed by atoms with Crippen LogP contribution in [0.1, 0.15) is 24.3 Å². The predicted molar refractivity (Wildman–Crippen MR) is 87.6 cm³/mol. The van der Waals surface area contributed by atoms with Gasteiger partial charge in [-0.25, -0.2) is 0 Å². The van der Waals surface area contributed by atoms with Crippen molar-refractivity contribution in [3.8, 4) is 0 Å². The molecule has 0 aliphatic carbocycles. The van der Waals surface area contributed by atoms with Crippen molar-refractivity contribution < 1.29 is 0 Å². The van der Waals surface area contributed by atoms with Crippen LogP contribution in [0.3, 0.4) is 0 Å². The minimum atomic E-state index is 0.470. The van der Waals surface area contributed by atoms with Crippen LogP contribution in [0.15, 0.2) is 30.6 Å². The van der Waals surface area contributed by atoms with Gasteiger partial charge < -0.3 is 10.2 Å². The zero-order valence-electron chi connectivity index (χ0n) is 12.1. The molecule has 0 saturated heterocycles. The number of aromatic nitrogens is 1. The number of anilines is 1. The molecular weight excluding hydrogens is 290 g/mol. The van der Waals surface area contributed by atoms with E-state index in [9.17, 15) is 0 Å². The molecule has 0 aliphatic rings. The maximum Gasteiger partial charge on any atom is 0.0931 e. The van der Waals surface area contributed by atoms with Crippen molar-refractivity contribution in [1.29, 1.82) is 0 Å². The molecule has 0 radical (unpaired) electrons. The highest BCUT2D eigenvalue weighted by atomic mass is 35.5. The standard InChI is InChI=1S/C15H20ClN3S/c1-11(2)18-8-12-6-7-17-9-14(12)19(3)10-13-4-5-15(16)20-13/h4-7,9,11,18H,8,10H2,1-3H3. The Morgan fingerprint density at radius 3 is 2.80 bits per heavy atom. The van der Waals surface area contributed by atoms with Crippen molar-refractivity contribution >= 4 is 28.6 Å². The SMILES string of the molecule is CC(C)NCc1ccncc1N(C)Cc1ccc(Cl)s1. The summed E-state index contributed by atoms with van der Waals surface area (Å²) >= 11 is 7.61. The number of hydrogen-bond acceptors (Lipinski definition) is 4. The first-order valence-electron chi connectivity index (χ1n) is 6.68. The van der Waals surface area contributed by atoms with E-state index in [0.717, 1.165) is 23.1 Å². The van der Waals surface area contributed by atoms with Crippen LogP contribution in [0.25, 0.3) is 0 Å². The van der Waals surface area contributed by atoms with Crippen LogP contribution in [0.4, 0.5) is 5.69 Å². The molecule has 0 unspecified atom stereocenters. The molecule has 3 nitrogen and oxygen atoms in total. The molecule has 0 aliphatic heterocycles. The van der Waals surface area contributed by atoms with Gasteiger partial charge in [0, 0.05) is 30.7 Å². The smallest absolute Gasteiger partial charge is 0.0931 e. The second-order valence-electron chi connectivity index (χ2n) is 5.10. The number of nitrogens with one attached hydrogen (secondary N) is 1. The Hall–Kier alpha value is -1.10. The second-order valence-corrected chi connectivity index (χ2v) is 6.90. The minimum Gasteiger partial charge on any atom is -0.368 e. The molecule has 5 heteroatoms. The van der Waals surface area contributed by atoms with E-state index in [-0.39, 0.29) is 0 Å². The summed E-state index contributed by atoms with van der Waals surface area (Å²) in [5, 5.41) is 3.45. The molecule has 2 aromatic rings. The summed E-state index contributed by atoms with van der Waals surface area (Å²) in [7, 11) is 2.09. The van der Waals surface area contributed by atoms with E-state index in [1.165, 1.54) is 10.4 Å². The van der Waals surface area contributed by atoms with Crippen molar-refractivity contribution in [3.63, 3.8) is 0 Å². The maximum absolute atomic E-state index is 5.98. The average Bonchev–Trinajstić information content (AvgIpc) is 2.82. The summed E-state index contributed by atoms with van der Waals surface area (Å²) in [4.78, 5) is 7.72. The second kappa shape index (κ2) is 7.07. The third-order valence-corrected chi connectivity index (χ3v) is 4.24. The van der Waals surface area contributed by atoms with Gasteiger partial charge in [0.2, 0.25) is 0 Å². The largest absolute Gasteiger partial charge is 0.368 e. The highest BCUT2D eigenvalue weighted by molar-refractivity contribution is 7.16. The zero-order chi connectivity index (χ0) is 14.5. The molecule has 2 heterocycles. The normalized spacial score (nSPS) is 11.1. The first-order valence-corrected chi connectivity index (χ1v) is 7.87. The molecule has 0 atom stereocenters. The number of rotatable bonds is 6. The van der Waals surface area contributed by atoms with Crippen molar-refractivity contribution in [1.82, 2.24) is 10.3 Å². The van der Waals surface area contributed by atoms with Gasteiger partial charge in [0.15, 0.2) is 0 Å². The van der Waals surface area contributed by atoms with Crippen LogP contribution in [-0.2, 0) is 13.1 Å². The first-order chi connectivity index (χ1) is 9.56. The molecule has 0 aromatic carbocycles. The van der Waals surface area contributed by atoms with Gasteiger partial charge in [0.25, 0.3) is 0 Å². The van der Waals surface area contributed by atoms with Crippen molar-refractivity contribution in [2.45, 2.75) is 33.0 Å². The van der Waals surface area contributed by atoms with Gasteiger partial charge in [0.1, 0.15) is 0 Å². The number of nitrogens with zero attached hydrogens (tertiary/aromatic N) is 2. The molecule has 0 fully saturated rings. The fraction of sp³-hybridized carbons (Fsp3) is 0.400. The molecule has 1 N–H and O–H groups in total. The molecule has 20 heavy (non-hydrogen) atoms. The van der Waals surface area contributed by atoms with Crippen LogP contribution in [0.2, 0.25) is 4.34 Å². The molecule has 0 amide bonds. The molecule has 2 rings (SSSR count). The van der Waals surface area contributed by atoms with E-state index in [0.29, 0.717) is 6.04 Å². The molecule has 0 saturated carbocycles. The van der Waals surface area contributed by atoms with Gasteiger partial charge in [0.05, 0.1) is 22.8 Å². The van der Waals surface area contributed by atoms with Crippen molar-refractivity contribution in [3.05, 3.63) is 45.4 Å². The summed E-state index contributed by atoms with van der Waals surface area (Å²) < 4.78 is 0.835. The average molecular weight is 310 g/mol. The summed E-state index contributed by atoms with van der Waals surface area (Å²) in [6.07, 6.45) is 3.77. The lowest BCUT2D eigenvalue weighted by Crippen LogP contribution is -2.24. The van der Waals surface area contributed by atoms with E-state index in [1.807, 2.05) is 18.5 Å². The summed E-state index contributed by atoms with van der Waals surface area (Å²) in [6.45, 7) is 6.00. The Morgan fingerprint density at radius 1 is 1.35 bits per heavy atom. The topological polar surface area (TPSA) is 28.2 Å². The Labute approximate surface area is 129 Å². The number of pyridine rings is 1. The van der Waals surface area contributed by atoms with E-state index in [1.54, 1.807) is 11.3 Å². The lowest BCUT2D eigenvalue weighted by molar-refractivity contribution is 0.588. The Bertz CT molecular complexity index is 554. The van der Waals surface area contributed by atoms with Crippen LogP contribution >= 0.6 is 22.9 Å². The molecule has 0 spiro atoms. The number of hydrogen-bond donors (Lipinski definition) is 1. The number of halogens is 1. The molecule has 2 aromatic heterocycles. The maximum atomic E-state index is 5.98. The Balaban J connectivity index is 2.10. The Morgan fingerprint density at radius 2 is 2.15 bits per heavy atom. The highest BCUT2D eigenvalue weighted by Crippen LogP contribution is 2.25. The first kappa shape index (κ1) is 15.3. The van der Waals surface area contributed by atoms with Gasteiger partial charge in [-0.05, 0) is 23.8 Å². The fourth-order valence-electron chi connectivity index (χ4n) is 1.98. The molecule has 0 bridgehead atoms. The Kier molecular flexibility index (Phi) is 5.40. The van der Waals surface area contributed by atoms with Crippen LogP contribution in [0, 0.1) is 0 Å². The summed E-state index contributed by atoms with van der Waals surface area (Å²) in [5.74, 6) is 0. The van der Waals surface area contributed by atoms with Crippen LogP contribution < -0.4 is 10.2 Å². The predicted octanol–water partition coefficient (Wildman–Crippen LogP) is 3.93. The number of thiophene rings is 1. The van der Waals surface area contributed by atoms with Gasteiger partial charge in [-0.3, -0.25) is 4.98 Å². The van der Waals surface area contributed by atoms with E-state index in [4.69, 9.17) is 11.6 Å². The van der Waals surface area contributed by atoms with Gasteiger partial charge in [-0.15, -0.1) is 11.3 Å². The fourth-order valence-corrected chi connectivity index (χ4v) is 3.12. The van der Waals surface area contributed by atoms with Crippen molar-refractivity contribution in [2.75, 3.05) is 11.9 Å². The third kappa shape index (κ3) is 4.20. The lowest BCUT2D eigenvalue weighted by atomic mass is 10.2. The van der Waals surface area contributed by atoms with E-state index >= 15 is 0 Å². The molecular formula is C15H20ClN3S. The summed E-state index contributed by atoms with van der Waals surface area (Å²) in [5.41, 5.74) is 2.42.